The van der Waals surface area contributed by atoms with Crippen molar-refractivity contribution < 1.29 is 4.79 Å². The van der Waals surface area contributed by atoms with Crippen LogP contribution in [0.15, 0.2) is 36.3 Å². The van der Waals surface area contributed by atoms with E-state index in [1.54, 1.807) is 6.07 Å². The monoisotopic (exact) mass is 451 g/mol. The Labute approximate surface area is 134 Å². The average Bonchev–Trinajstić information content (AvgIpc) is 2.64. The van der Waals surface area contributed by atoms with Crippen molar-refractivity contribution in [2.45, 2.75) is 6.92 Å². The Morgan fingerprint density at radius 1 is 1.28 bits per heavy atom. The normalized spacial score (nSPS) is 10.4. The Kier molecular flexibility index (Phi) is 4.64. The number of benzene rings is 1. The summed E-state index contributed by atoms with van der Waals surface area (Å²) in [4.78, 5) is 12.1. The van der Waals surface area contributed by atoms with Crippen molar-refractivity contribution in [1.29, 1.82) is 0 Å². The Morgan fingerprint density at radius 2 is 2.00 bits per heavy atom. The number of carbonyl (C=O) groups excluding carboxylic acids is 1. The van der Waals surface area contributed by atoms with E-state index in [4.69, 9.17) is 0 Å². The van der Waals surface area contributed by atoms with Crippen LogP contribution in [0.2, 0.25) is 0 Å². The molecular formula is C12H8Br3NOS. The standard InChI is InChI=1S/C12H8Br3NOS/c1-6-8(13)3-2-4-9(6)16-12(17)7-5-10(14)18-11(7)15/h2-5H,1H3,(H,16,17). The third-order valence-electron chi connectivity index (χ3n) is 2.42. The van der Waals surface area contributed by atoms with Crippen LogP contribution in [0, 0.1) is 6.92 Å². The van der Waals surface area contributed by atoms with E-state index in [1.807, 2.05) is 25.1 Å². The van der Waals surface area contributed by atoms with Crippen LogP contribution in [0.3, 0.4) is 0 Å². The number of carbonyl (C=O) groups is 1. The van der Waals surface area contributed by atoms with Gasteiger partial charge in [-0.15, -0.1) is 11.3 Å². The van der Waals surface area contributed by atoms with Crippen LogP contribution in [0.25, 0.3) is 0 Å². The second kappa shape index (κ2) is 5.86. The number of anilines is 1. The lowest BCUT2D eigenvalue weighted by Crippen LogP contribution is -2.12. The number of rotatable bonds is 2. The van der Waals surface area contributed by atoms with E-state index in [0.29, 0.717) is 5.56 Å². The van der Waals surface area contributed by atoms with Gasteiger partial charge in [0.25, 0.3) is 5.91 Å². The summed E-state index contributed by atoms with van der Waals surface area (Å²) in [6.45, 7) is 1.96. The first kappa shape index (κ1) is 14.2. The topological polar surface area (TPSA) is 29.1 Å². The molecule has 1 heterocycles. The molecule has 0 saturated carbocycles. The van der Waals surface area contributed by atoms with Gasteiger partial charge in [0.15, 0.2) is 0 Å². The fourth-order valence-electron chi connectivity index (χ4n) is 1.43. The Hall–Kier alpha value is -0.170. The first-order valence-electron chi connectivity index (χ1n) is 5.00. The molecule has 18 heavy (non-hydrogen) atoms. The molecule has 1 N–H and O–H groups in total. The van der Waals surface area contributed by atoms with Gasteiger partial charge < -0.3 is 5.32 Å². The Bertz CT molecular complexity index is 609. The molecule has 0 atom stereocenters. The fourth-order valence-corrected chi connectivity index (χ4v) is 4.59. The van der Waals surface area contributed by atoms with Crippen molar-refractivity contribution in [3.8, 4) is 0 Å². The Morgan fingerprint density at radius 3 is 2.61 bits per heavy atom. The minimum absolute atomic E-state index is 0.120. The van der Waals surface area contributed by atoms with Crippen LogP contribution >= 0.6 is 59.1 Å². The third kappa shape index (κ3) is 3.04. The van der Waals surface area contributed by atoms with Crippen molar-refractivity contribution in [1.82, 2.24) is 0 Å². The lowest BCUT2D eigenvalue weighted by Gasteiger charge is -2.09. The highest BCUT2D eigenvalue weighted by Gasteiger charge is 2.14. The van der Waals surface area contributed by atoms with Gasteiger partial charge in [-0.2, -0.15) is 0 Å². The van der Waals surface area contributed by atoms with Crippen LogP contribution in [-0.2, 0) is 0 Å². The molecule has 2 rings (SSSR count). The quantitative estimate of drug-likeness (QED) is 0.630. The van der Waals surface area contributed by atoms with Gasteiger partial charge >= 0.3 is 0 Å². The van der Waals surface area contributed by atoms with Gasteiger partial charge in [-0.1, -0.05) is 22.0 Å². The van der Waals surface area contributed by atoms with Crippen molar-refractivity contribution in [2.24, 2.45) is 0 Å². The first-order valence-corrected chi connectivity index (χ1v) is 8.20. The zero-order chi connectivity index (χ0) is 13.3. The summed E-state index contributed by atoms with van der Waals surface area (Å²) in [7, 11) is 0. The number of amides is 1. The summed E-state index contributed by atoms with van der Waals surface area (Å²) >= 11 is 11.7. The largest absolute Gasteiger partial charge is 0.322 e. The molecular weight excluding hydrogens is 446 g/mol. The van der Waals surface area contributed by atoms with Gasteiger partial charge in [-0.3, -0.25) is 4.79 Å². The number of hydrogen-bond acceptors (Lipinski definition) is 2. The maximum Gasteiger partial charge on any atom is 0.257 e. The SMILES string of the molecule is Cc1c(Br)cccc1NC(=O)c1cc(Br)sc1Br. The molecule has 1 aromatic carbocycles. The Balaban J connectivity index is 2.27. The molecule has 94 valence electrons. The van der Waals surface area contributed by atoms with Gasteiger partial charge in [0.05, 0.1) is 13.1 Å². The van der Waals surface area contributed by atoms with Gasteiger partial charge in [0, 0.05) is 10.2 Å². The molecule has 2 nitrogen and oxygen atoms in total. The van der Waals surface area contributed by atoms with Crippen LogP contribution in [-0.4, -0.2) is 5.91 Å². The second-order valence-corrected chi connectivity index (χ2v) is 8.21. The molecule has 0 unspecified atom stereocenters. The average molecular weight is 454 g/mol. The smallest absolute Gasteiger partial charge is 0.257 e. The van der Waals surface area contributed by atoms with E-state index in [9.17, 15) is 4.79 Å². The fraction of sp³-hybridized carbons (Fsp3) is 0.0833. The molecule has 0 aliphatic rings. The van der Waals surface area contributed by atoms with Crippen LogP contribution < -0.4 is 5.32 Å². The van der Waals surface area contributed by atoms with Crippen molar-refractivity contribution in [3.63, 3.8) is 0 Å². The lowest BCUT2D eigenvalue weighted by molar-refractivity contribution is 0.102. The predicted molar refractivity (Wildman–Crippen MR) is 86.6 cm³/mol. The molecule has 0 saturated heterocycles. The van der Waals surface area contributed by atoms with Crippen molar-refractivity contribution >= 4 is 70.7 Å². The van der Waals surface area contributed by atoms with Crippen LogP contribution in [0.5, 0.6) is 0 Å². The number of hydrogen-bond donors (Lipinski definition) is 1. The zero-order valence-corrected chi connectivity index (χ0v) is 14.8. The second-order valence-electron chi connectivity index (χ2n) is 3.60. The van der Waals surface area contributed by atoms with Crippen molar-refractivity contribution in [2.75, 3.05) is 5.32 Å². The molecule has 0 spiro atoms. The summed E-state index contributed by atoms with van der Waals surface area (Å²) in [5.41, 5.74) is 2.45. The number of nitrogens with one attached hydrogen (secondary N) is 1. The number of halogens is 3. The lowest BCUT2D eigenvalue weighted by atomic mass is 10.2. The molecule has 0 radical (unpaired) electrons. The summed E-state index contributed by atoms with van der Waals surface area (Å²) in [5.74, 6) is -0.120. The van der Waals surface area contributed by atoms with E-state index in [0.717, 1.165) is 23.3 Å². The van der Waals surface area contributed by atoms with E-state index >= 15 is 0 Å². The highest BCUT2D eigenvalue weighted by Crippen LogP contribution is 2.32. The maximum absolute atomic E-state index is 12.1. The highest BCUT2D eigenvalue weighted by molar-refractivity contribution is 9.12. The van der Waals surface area contributed by atoms with E-state index in [1.165, 1.54) is 11.3 Å². The number of thiophene rings is 1. The van der Waals surface area contributed by atoms with E-state index < -0.39 is 0 Å². The minimum atomic E-state index is -0.120. The van der Waals surface area contributed by atoms with Gasteiger partial charge in [-0.05, 0) is 62.5 Å². The molecule has 1 amide bonds. The summed E-state index contributed by atoms with van der Waals surface area (Å²) in [6.07, 6.45) is 0. The van der Waals surface area contributed by atoms with Gasteiger partial charge in [0.2, 0.25) is 0 Å². The molecule has 0 aliphatic carbocycles. The molecule has 6 heteroatoms. The van der Waals surface area contributed by atoms with Crippen LogP contribution in [0.4, 0.5) is 5.69 Å². The molecule has 0 fully saturated rings. The maximum atomic E-state index is 12.1. The van der Waals surface area contributed by atoms with Crippen molar-refractivity contribution in [3.05, 3.63) is 47.4 Å². The summed E-state index contributed by atoms with van der Waals surface area (Å²) in [5, 5.41) is 2.91. The van der Waals surface area contributed by atoms with E-state index in [-0.39, 0.29) is 5.91 Å². The predicted octanol–water partition coefficient (Wildman–Crippen LogP) is 5.60. The van der Waals surface area contributed by atoms with Gasteiger partial charge in [0.1, 0.15) is 0 Å². The summed E-state index contributed by atoms with van der Waals surface area (Å²) < 4.78 is 2.72. The van der Waals surface area contributed by atoms with Gasteiger partial charge in [-0.25, -0.2) is 0 Å². The minimum Gasteiger partial charge on any atom is -0.322 e. The van der Waals surface area contributed by atoms with Crippen LogP contribution in [0.1, 0.15) is 15.9 Å². The molecule has 0 bridgehead atoms. The molecule has 2 aromatic rings. The molecule has 0 aliphatic heterocycles. The summed E-state index contributed by atoms with van der Waals surface area (Å²) in [6, 6.07) is 7.53. The third-order valence-corrected chi connectivity index (χ3v) is 5.62. The highest BCUT2D eigenvalue weighted by atomic mass is 79.9. The molecule has 1 aromatic heterocycles. The van der Waals surface area contributed by atoms with E-state index in [2.05, 4.69) is 53.1 Å². The zero-order valence-electron chi connectivity index (χ0n) is 9.26. The first-order chi connectivity index (χ1) is 8.49.